The number of rotatable bonds is 2. The fraction of sp³-hybridized carbons (Fsp3) is 0.0182. The van der Waals surface area contributed by atoms with Crippen LogP contribution in [0.15, 0.2) is 194 Å². The largest absolute Gasteiger partial charge is 0.0725 e. The van der Waals surface area contributed by atoms with Gasteiger partial charge in [0.1, 0.15) is 0 Å². The van der Waals surface area contributed by atoms with E-state index in [0.29, 0.717) is 0 Å². The van der Waals surface area contributed by atoms with Crippen LogP contribution in [0.2, 0.25) is 0 Å². The van der Waals surface area contributed by atoms with E-state index < -0.39 is 0 Å². The van der Waals surface area contributed by atoms with Gasteiger partial charge in [-0.3, -0.25) is 0 Å². The van der Waals surface area contributed by atoms with Crippen LogP contribution in [0.25, 0.3) is 99.1 Å². The molecular formula is C55H32. The van der Waals surface area contributed by atoms with Crippen LogP contribution in [0.1, 0.15) is 22.3 Å². The minimum atomic E-state index is -0.387. The molecule has 10 aromatic carbocycles. The van der Waals surface area contributed by atoms with Crippen molar-refractivity contribution in [3.8, 4) is 66.8 Å². The van der Waals surface area contributed by atoms with Gasteiger partial charge >= 0.3 is 0 Å². The van der Waals surface area contributed by atoms with Crippen molar-refractivity contribution >= 4 is 32.3 Å². The van der Waals surface area contributed by atoms with E-state index in [1.807, 2.05) is 0 Å². The Hall–Kier alpha value is -7.02. The van der Waals surface area contributed by atoms with E-state index in [0.717, 1.165) is 0 Å². The van der Waals surface area contributed by atoms with E-state index >= 15 is 0 Å². The second kappa shape index (κ2) is 10.6. The van der Waals surface area contributed by atoms with Crippen LogP contribution >= 0.6 is 0 Å². The van der Waals surface area contributed by atoms with Crippen LogP contribution in [-0.2, 0) is 5.41 Å². The Balaban J connectivity index is 1.01. The molecule has 0 fully saturated rings. The summed E-state index contributed by atoms with van der Waals surface area (Å²) < 4.78 is 0. The standard InChI is InChI=1S/C55H32/c1-2-12-35-31-52-48(29-34(35)11-1)49-30-37-24-23-36(28-39(37)32-53(49)55(52)50-21-7-5-17-43(50)44-18-6-8-22-51(44)55)33-13-9-14-38(27-33)40-25-26-47-42-16-4-3-15-41(42)46-20-10-19-45(40)54(46)47/h1-32H. The van der Waals surface area contributed by atoms with E-state index in [4.69, 9.17) is 0 Å². The van der Waals surface area contributed by atoms with Gasteiger partial charge in [0.05, 0.1) is 5.41 Å². The van der Waals surface area contributed by atoms with Crippen LogP contribution in [0, 0.1) is 0 Å². The topological polar surface area (TPSA) is 0 Å². The van der Waals surface area contributed by atoms with Gasteiger partial charge in [-0.15, -0.1) is 0 Å². The lowest BCUT2D eigenvalue weighted by Crippen LogP contribution is -2.25. The molecule has 0 saturated heterocycles. The van der Waals surface area contributed by atoms with Gasteiger partial charge in [-0.25, -0.2) is 0 Å². The van der Waals surface area contributed by atoms with Crippen molar-refractivity contribution in [2.45, 2.75) is 5.41 Å². The lowest BCUT2D eigenvalue weighted by molar-refractivity contribution is 0.796. The van der Waals surface area contributed by atoms with Gasteiger partial charge in [0.25, 0.3) is 0 Å². The molecule has 0 unspecified atom stereocenters. The quantitative estimate of drug-likeness (QED) is 0.169. The summed E-state index contributed by atoms with van der Waals surface area (Å²) in [4.78, 5) is 0. The molecule has 55 heavy (non-hydrogen) atoms. The zero-order valence-electron chi connectivity index (χ0n) is 30.0. The third-order valence-corrected chi connectivity index (χ3v) is 13.0. The van der Waals surface area contributed by atoms with Crippen LogP contribution < -0.4 is 0 Å². The molecule has 3 aliphatic rings. The summed E-state index contributed by atoms with van der Waals surface area (Å²) in [5.41, 5.74) is 20.8. The van der Waals surface area contributed by atoms with Gasteiger partial charge in [0.2, 0.25) is 0 Å². The van der Waals surface area contributed by atoms with Crippen molar-refractivity contribution in [3.05, 3.63) is 216 Å². The van der Waals surface area contributed by atoms with Crippen LogP contribution in [0.3, 0.4) is 0 Å². The fourth-order valence-corrected chi connectivity index (χ4v) is 10.7. The highest BCUT2D eigenvalue weighted by Gasteiger charge is 2.51. The molecule has 0 heteroatoms. The van der Waals surface area contributed by atoms with E-state index in [1.165, 1.54) is 121 Å². The summed E-state index contributed by atoms with van der Waals surface area (Å²) in [6, 6.07) is 73.3. The first-order chi connectivity index (χ1) is 27.3. The average Bonchev–Trinajstić information content (AvgIpc) is 3.84. The van der Waals surface area contributed by atoms with Crippen molar-refractivity contribution in [1.29, 1.82) is 0 Å². The molecule has 0 aliphatic heterocycles. The molecule has 0 amide bonds. The van der Waals surface area contributed by atoms with Gasteiger partial charge in [-0.1, -0.05) is 158 Å². The van der Waals surface area contributed by atoms with Gasteiger partial charge in [-0.2, -0.15) is 0 Å². The normalized spacial score (nSPS) is 13.6. The molecule has 0 aromatic heterocycles. The van der Waals surface area contributed by atoms with Gasteiger partial charge in [0.15, 0.2) is 0 Å². The summed E-state index contributed by atoms with van der Waals surface area (Å²) in [7, 11) is 0. The first-order valence-corrected chi connectivity index (χ1v) is 19.3. The maximum atomic E-state index is 2.52. The molecule has 0 atom stereocenters. The Morgan fingerprint density at radius 1 is 0.236 bits per heavy atom. The minimum absolute atomic E-state index is 0.387. The second-order valence-electron chi connectivity index (χ2n) is 15.6. The van der Waals surface area contributed by atoms with Crippen molar-refractivity contribution in [2.24, 2.45) is 0 Å². The van der Waals surface area contributed by atoms with Crippen LogP contribution in [0.4, 0.5) is 0 Å². The molecule has 13 rings (SSSR count). The summed E-state index contributed by atoms with van der Waals surface area (Å²) in [6.07, 6.45) is 0. The third-order valence-electron chi connectivity index (χ3n) is 13.0. The average molecular weight is 693 g/mol. The van der Waals surface area contributed by atoms with E-state index in [1.54, 1.807) is 0 Å². The van der Waals surface area contributed by atoms with Gasteiger partial charge < -0.3 is 0 Å². The van der Waals surface area contributed by atoms with E-state index in [9.17, 15) is 0 Å². The number of fused-ring (bicyclic) bond motifs is 15. The minimum Gasteiger partial charge on any atom is -0.0619 e. The summed E-state index contributed by atoms with van der Waals surface area (Å²) in [6.45, 7) is 0. The lowest BCUT2D eigenvalue weighted by atomic mass is 9.70. The maximum Gasteiger partial charge on any atom is 0.0725 e. The van der Waals surface area contributed by atoms with Gasteiger partial charge in [0, 0.05) is 0 Å². The highest BCUT2D eigenvalue weighted by molar-refractivity contribution is 6.18. The van der Waals surface area contributed by atoms with Crippen molar-refractivity contribution < 1.29 is 0 Å². The molecule has 0 saturated carbocycles. The number of hydrogen-bond acceptors (Lipinski definition) is 0. The molecule has 0 radical (unpaired) electrons. The molecule has 0 bridgehead atoms. The molecule has 252 valence electrons. The Morgan fingerprint density at radius 2 is 0.745 bits per heavy atom. The summed E-state index contributed by atoms with van der Waals surface area (Å²) in [5.74, 6) is 0. The number of hydrogen-bond donors (Lipinski definition) is 0. The SMILES string of the molecule is c1cc(-c2ccc3cc4c(cc3c2)C2(c3ccccc3-c3ccccc32)c2cc3ccccc3cc2-4)cc(-c2ccc3c4c(cccc24)-c2ccccc2-3)c1. The molecule has 3 aliphatic carbocycles. The number of benzene rings is 10. The third kappa shape index (κ3) is 3.76. The maximum absolute atomic E-state index is 2.52. The Morgan fingerprint density at radius 3 is 1.47 bits per heavy atom. The highest BCUT2D eigenvalue weighted by Crippen LogP contribution is 2.63. The summed E-state index contributed by atoms with van der Waals surface area (Å²) in [5, 5.41) is 7.77. The molecule has 0 nitrogen and oxygen atoms in total. The van der Waals surface area contributed by atoms with Gasteiger partial charge in [-0.05, 0) is 158 Å². The van der Waals surface area contributed by atoms with Crippen molar-refractivity contribution in [2.75, 3.05) is 0 Å². The van der Waals surface area contributed by atoms with Crippen LogP contribution in [0.5, 0.6) is 0 Å². The Kier molecular flexibility index (Phi) is 5.65. The second-order valence-corrected chi connectivity index (χ2v) is 15.6. The molecule has 0 N–H and O–H groups in total. The zero-order chi connectivity index (χ0) is 35.8. The monoisotopic (exact) mass is 692 g/mol. The zero-order valence-corrected chi connectivity index (χ0v) is 30.0. The van der Waals surface area contributed by atoms with Crippen molar-refractivity contribution in [3.63, 3.8) is 0 Å². The highest BCUT2D eigenvalue weighted by atomic mass is 14.5. The lowest BCUT2D eigenvalue weighted by Gasteiger charge is -2.30. The smallest absolute Gasteiger partial charge is 0.0619 e. The molecule has 1 spiro atoms. The predicted octanol–water partition coefficient (Wildman–Crippen LogP) is 14.5. The predicted molar refractivity (Wildman–Crippen MR) is 231 cm³/mol. The van der Waals surface area contributed by atoms with E-state index in [2.05, 4.69) is 194 Å². The fourth-order valence-electron chi connectivity index (χ4n) is 10.7. The Bertz CT molecular complexity index is 3250. The molecule has 10 aromatic rings. The molecular weight excluding hydrogens is 661 g/mol. The first-order valence-electron chi connectivity index (χ1n) is 19.3. The molecule has 0 heterocycles. The van der Waals surface area contributed by atoms with Crippen molar-refractivity contribution in [1.82, 2.24) is 0 Å². The van der Waals surface area contributed by atoms with E-state index in [-0.39, 0.29) is 5.41 Å². The summed E-state index contributed by atoms with van der Waals surface area (Å²) >= 11 is 0. The van der Waals surface area contributed by atoms with Crippen LogP contribution in [-0.4, -0.2) is 0 Å². The Labute approximate surface area is 319 Å². The first kappa shape index (κ1) is 29.4.